The number of aromatic amines is 1. The average molecular weight is 307 g/mol. The molecule has 0 spiro atoms. The van der Waals surface area contributed by atoms with Crippen LogP contribution in [0.5, 0.6) is 0 Å². The molecule has 2 aromatic rings. The predicted molar refractivity (Wildman–Crippen MR) is 73.9 cm³/mol. The molecule has 1 heterocycles. The Labute approximate surface area is 112 Å². The third-order valence-corrected chi connectivity index (χ3v) is 3.30. The molecule has 0 saturated carbocycles. The number of rotatable bonds is 2. The van der Waals surface area contributed by atoms with Crippen molar-refractivity contribution < 1.29 is 4.79 Å². The van der Waals surface area contributed by atoms with Crippen molar-refractivity contribution in [2.24, 2.45) is 0 Å². The number of hydrogen-bond acceptors (Lipinski definition) is 2. The zero-order valence-corrected chi connectivity index (χ0v) is 11.2. The minimum Gasteiger partial charge on any atom is -0.357 e. The molecule has 0 aliphatic heterocycles. The summed E-state index contributed by atoms with van der Waals surface area (Å²) in [7, 11) is 0. The van der Waals surface area contributed by atoms with Crippen LogP contribution in [0.25, 0.3) is 0 Å². The van der Waals surface area contributed by atoms with Gasteiger partial charge in [0.05, 0.1) is 0 Å². The molecule has 2 rings (SSSR count). The Morgan fingerprint density at radius 3 is 2.72 bits per heavy atom. The first-order chi connectivity index (χ1) is 8.56. The summed E-state index contributed by atoms with van der Waals surface area (Å²) in [5, 5.41) is 2.71. The molecular weight excluding hydrogens is 296 g/mol. The van der Waals surface area contributed by atoms with Gasteiger partial charge in [0, 0.05) is 28.5 Å². The summed E-state index contributed by atoms with van der Waals surface area (Å²) in [6, 6.07) is 8.14. The van der Waals surface area contributed by atoms with Crippen molar-refractivity contribution in [2.75, 3.05) is 5.32 Å². The van der Waals surface area contributed by atoms with Crippen LogP contribution in [0, 0.1) is 6.92 Å². The molecule has 0 unspecified atom stereocenters. The van der Waals surface area contributed by atoms with E-state index in [0.29, 0.717) is 5.69 Å². The summed E-state index contributed by atoms with van der Waals surface area (Å²) in [6.07, 6.45) is 1.45. The Morgan fingerprint density at radius 2 is 2.06 bits per heavy atom. The highest BCUT2D eigenvalue weighted by Crippen LogP contribution is 2.20. The van der Waals surface area contributed by atoms with Gasteiger partial charge in [-0.3, -0.25) is 9.59 Å². The minimum absolute atomic E-state index is 0.205. The van der Waals surface area contributed by atoms with Crippen molar-refractivity contribution in [3.05, 3.63) is 62.5 Å². The van der Waals surface area contributed by atoms with Crippen LogP contribution in [0.1, 0.15) is 16.1 Å². The molecule has 0 saturated heterocycles. The first-order valence-corrected chi connectivity index (χ1v) is 6.12. The molecule has 18 heavy (non-hydrogen) atoms. The maximum absolute atomic E-state index is 11.9. The highest BCUT2D eigenvalue weighted by Gasteiger charge is 2.07. The van der Waals surface area contributed by atoms with E-state index >= 15 is 0 Å². The van der Waals surface area contributed by atoms with Gasteiger partial charge >= 0.3 is 0 Å². The van der Waals surface area contributed by atoms with Crippen molar-refractivity contribution in [2.45, 2.75) is 6.92 Å². The van der Waals surface area contributed by atoms with Gasteiger partial charge in [0.1, 0.15) is 5.69 Å². The van der Waals surface area contributed by atoms with Gasteiger partial charge in [0.2, 0.25) is 0 Å². The van der Waals surface area contributed by atoms with E-state index in [9.17, 15) is 9.59 Å². The molecule has 0 aliphatic carbocycles. The number of pyridine rings is 1. The molecule has 0 radical (unpaired) electrons. The number of amides is 1. The second-order valence-corrected chi connectivity index (χ2v) is 4.71. The van der Waals surface area contributed by atoms with E-state index < -0.39 is 0 Å². The van der Waals surface area contributed by atoms with E-state index in [4.69, 9.17) is 0 Å². The summed E-state index contributed by atoms with van der Waals surface area (Å²) in [4.78, 5) is 25.7. The van der Waals surface area contributed by atoms with Gasteiger partial charge < -0.3 is 10.3 Å². The second-order valence-electron chi connectivity index (χ2n) is 3.86. The van der Waals surface area contributed by atoms with Crippen molar-refractivity contribution >= 4 is 27.5 Å². The Morgan fingerprint density at radius 1 is 1.28 bits per heavy atom. The maximum atomic E-state index is 11.9. The van der Waals surface area contributed by atoms with Crippen LogP contribution < -0.4 is 10.7 Å². The molecule has 92 valence electrons. The van der Waals surface area contributed by atoms with E-state index in [1.807, 2.05) is 19.1 Å². The van der Waals surface area contributed by atoms with Gasteiger partial charge in [-0.15, -0.1) is 0 Å². The summed E-state index contributed by atoms with van der Waals surface area (Å²) >= 11 is 3.39. The fourth-order valence-electron chi connectivity index (χ4n) is 1.45. The monoisotopic (exact) mass is 306 g/mol. The third-order valence-electron chi connectivity index (χ3n) is 2.45. The Balaban J connectivity index is 2.21. The first kappa shape index (κ1) is 12.6. The molecule has 4 nitrogen and oxygen atoms in total. The highest BCUT2D eigenvalue weighted by atomic mass is 79.9. The van der Waals surface area contributed by atoms with Crippen LogP contribution in [0.3, 0.4) is 0 Å². The number of benzene rings is 1. The Bertz CT molecular complexity index is 649. The quantitative estimate of drug-likeness (QED) is 0.896. The lowest BCUT2D eigenvalue weighted by Crippen LogP contribution is -2.16. The summed E-state index contributed by atoms with van der Waals surface area (Å²) in [5.74, 6) is -0.344. The molecular formula is C13H11BrN2O2. The van der Waals surface area contributed by atoms with E-state index in [1.54, 1.807) is 6.07 Å². The Hall–Kier alpha value is -1.88. The van der Waals surface area contributed by atoms with Crippen LogP contribution in [0.4, 0.5) is 5.69 Å². The summed E-state index contributed by atoms with van der Waals surface area (Å²) in [5.41, 5.74) is 1.78. The number of H-pyrrole nitrogens is 1. The van der Waals surface area contributed by atoms with Gasteiger partial charge in [-0.05, 0) is 24.6 Å². The van der Waals surface area contributed by atoms with E-state index in [2.05, 4.69) is 26.2 Å². The van der Waals surface area contributed by atoms with Gasteiger partial charge in [-0.1, -0.05) is 22.0 Å². The number of carbonyl (C=O) groups excluding carboxylic acids is 1. The number of aromatic nitrogens is 1. The number of nitrogens with one attached hydrogen (secondary N) is 2. The van der Waals surface area contributed by atoms with E-state index in [-0.39, 0.29) is 17.0 Å². The fraction of sp³-hybridized carbons (Fsp3) is 0.0769. The smallest absolute Gasteiger partial charge is 0.272 e. The van der Waals surface area contributed by atoms with Gasteiger partial charge in [0.25, 0.3) is 5.91 Å². The van der Waals surface area contributed by atoms with E-state index in [1.165, 1.54) is 18.3 Å². The largest absolute Gasteiger partial charge is 0.357 e. The Kier molecular flexibility index (Phi) is 3.62. The number of hydrogen-bond donors (Lipinski definition) is 2. The number of aryl methyl sites for hydroxylation is 1. The van der Waals surface area contributed by atoms with Crippen molar-refractivity contribution in [3.8, 4) is 0 Å². The summed E-state index contributed by atoms with van der Waals surface area (Å²) in [6.45, 7) is 1.96. The number of anilines is 1. The second kappa shape index (κ2) is 5.18. The van der Waals surface area contributed by atoms with Crippen molar-refractivity contribution in [1.82, 2.24) is 4.98 Å². The molecule has 1 aromatic heterocycles. The molecule has 1 aromatic carbocycles. The minimum atomic E-state index is -0.344. The standard InChI is InChI=1S/C13H11BrN2O2/c1-8-2-3-9(6-11(8)14)16-13(18)12-7-10(17)4-5-15-12/h2-7H,1H3,(H,15,17)(H,16,18). The van der Waals surface area contributed by atoms with Crippen LogP contribution in [-0.4, -0.2) is 10.9 Å². The zero-order valence-electron chi connectivity index (χ0n) is 9.66. The van der Waals surface area contributed by atoms with Crippen molar-refractivity contribution in [3.63, 3.8) is 0 Å². The molecule has 0 fully saturated rings. The van der Waals surface area contributed by atoms with E-state index in [0.717, 1.165) is 10.0 Å². The van der Waals surface area contributed by atoms with Crippen LogP contribution in [0.15, 0.2) is 45.8 Å². The SMILES string of the molecule is Cc1ccc(NC(=O)c2cc(=O)cc[nH]2)cc1Br. The molecule has 0 bridgehead atoms. The fourth-order valence-corrected chi connectivity index (χ4v) is 1.82. The van der Waals surface area contributed by atoms with Crippen LogP contribution >= 0.6 is 15.9 Å². The lowest BCUT2D eigenvalue weighted by molar-refractivity contribution is 0.102. The molecule has 0 aliphatic rings. The molecule has 5 heteroatoms. The van der Waals surface area contributed by atoms with Crippen LogP contribution in [0.2, 0.25) is 0 Å². The third kappa shape index (κ3) is 2.87. The number of carbonyl (C=O) groups is 1. The topological polar surface area (TPSA) is 62.0 Å². The normalized spacial score (nSPS) is 10.1. The van der Waals surface area contributed by atoms with Gasteiger partial charge in [0.15, 0.2) is 5.43 Å². The maximum Gasteiger partial charge on any atom is 0.272 e. The molecule has 0 atom stereocenters. The predicted octanol–water partition coefficient (Wildman–Crippen LogP) is 2.70. The number of halogens is 1. The first-order valence-electron chi connectivity index (χ1n) is 5.32. The van der Waals surface area contributed by atoms with Gasteiger partial charge in [-0.2, -0.15) is 0 Å². The lowest BCUT2D eigenvalue weighted by Gasteiger charge is -2.06. The highest BCUT2D eigenvalue weighted by molar-refractivity contribution is 9.10. The van der Waals surface area contributed by atoms with Gasteiger partial charge in [-0.25, -0.2) is 0 Å². The lowest BCUT2D eigenvalue weighted by atomic mass is 10.2. The molecule has 1 amide bonds. The molecule has 2 N–H and O–H groups in total. The van der Waals surface area contributed by atoms with Crippen LogP contribution in [-0.2, 0) is 0 Å². The zero-order chi connectivity index (χ0) is 13.1. The summed E-state index contributed by atoms with van der Waals surface area (Å²) < 4.78 is 0.918. The average Bonchev–Trinajstić information content (AvgIpc) is 2.34. The van der Waals surface area contributed by atoms with Crippen molar-refractivity contribution in [1.29, 1.82) is 0 Å².